The number of hydrogen-bond acceptors (Lipinski definition) is 3. The maximum absolute atomic E-state index is 15.0. The van der Waals surface area contributed by atoms with Gasteiger partial charge in [-0.2, -0.15) is 17.6 Å². The van der Waals surface area contributed by atoms with Gasteiger partial charge in [0.1, 0.15) is 11.6 Å². The van der Waals surface area contributed by atoms with Gasteiger partial charge in [-0.05, 0) is 75.5 Å². The second-order valence-corrected chi connectivity index (χ2v) is 11.5. The molecule has 0 N–H and O–H groups in total. The molecule has 0 bridgehead atoms. The minimum absolute atomic E-state index is 0.117. The van der Waals surface area contributed by atoms with Gasteiger partial charge in [0, 0.05) is 18.1 Å². The second kappa shape index (κ2) is 14.1. The van der Waals surface area contributed by atoms with E-state index in [2.05, 4.69) is 21.3 Å². The van der Waals surface area contributed by atoms with Crippen LogP contribution in [-0.4, -0.2) is 24.7 Å². The minimum atomic E-state index is -5.41. The Kier molecular flexibility index (Phi) is 10.9. The van der Waals surface area contributed by atoms with Crippen LogP contribution in [0.4, 0.5) is 43.9 Å². The maximum Gasteiger partial charge on any atom is 0.573 e. The molecular formula is C32H32F10O3. The zero-order valence-electron chi connectivity index (χ0n) is 24.3. The SMILES string of the molecule is CCCc1ccc(C#CC2CCC(C(F)(F)OC3CCC(C(F)(F)Oc4cc(F)c(OC(F)(F)F)c(F)c4)CC3)CC2)c(F)c1. The number of hydrogen-bond donors (Lipinski definition) is 0. The van der Waals surface area contributed by atoms with Crippen molar-refractivity contribution >= 4 is 0 Å². The molecule has 2 aliphatic carbocycles. The molecule has 248 valence electrons. The molecule has 2 saturated carbocycles. The molecule has 0 heterocycles. The Morgan fingerprint density at radius 1 is 0.711 bits per heavy atom. The minimum Gasteiger partial charge on any atom is -0.432 e. The van der Waals surface area contributed by atoms with Crippen LogP contribution in [0, 0.1) is 47.0 Å². The van der Waals surface area contributed by atoms with Gasteiger partial charge >= 0.3 is 18.6 Å². The predicted octanol–water partition coefficient (Wildman–Crippen LogP) is 9.95. The quantitative estimate of drug-likeness (QED) is 0.199. The zero-order valence-corrected chi connectivity index (χ0v) is 24.3. The lowest BCUT2D eigenvalue weighted by molar-refractivity contribution is -0.305. The van der Waals surface area contributed by atoms with Crippen molar-refractivity contribution in [2.75, 3.05) is 0 Å². The van der Waals surface area contributed by atoms with Crippen LogP contribution in [0.15, 0.2) is 30.3 Å². The molecule has 0 radical (unpaired) electrons. The molecular weight excluding hydrogens is 622 g/mol. The molecule has 13 heteroatoms. The zero-order chi connectivity index (χ0) is 33.0. The van der Waals surface area contributed by atoms with Crippen LogP contribution in [0.25, 0.3) is 0 Å². The van der Waals surface area contributed by atoms with Crippen molar-refractivity contribution in [3.8, 4) is 23.3 Å². The predicted molar refractivity (Wildman–Crippen MR) is 143 cm³/mol. The Morgan fingerprint density at radius 2 is 1.29 bits per heavy atom. The van der Waals surface area contributed by atoms with Crippen molar-refractivity contribution in [3.63, 3.8) is 0 Å². The third-order valence-electron chi connectivity index (χ3n) is 8.10. The summed E-state index contributed by atoms with van der Waals surface area (Å²) in [4.78, 5) is 0. The molecule has 45 heavy (non-hydrogen) atoms. The van der Waals surface area contributed by atoms with E-state index in [1.165, 1.54) is 6.07 Å². The first-order chi connectivity index (χ1) is 21.1. The second-order valence-electron chi connectivity index (χ2n) is 11.5. The van der Waals surface area contributed by atoms with E-state index < -0.39 is 65.5 Å². The van der Waals surface area contributed by atoms with Gasteiger partial charge in [0.2, 0.25) is 5.75 Å². The molecule has 2 aliphatic rings. The molecule has 0 spiro atoms. The first-order valence-electron chi connectivity index (χ1n) is 14.7. The lowest BCUT2D eigenvalue weighted by Crippen LogP contribution is -2.42. The van der Waals surface area contributed by atoms with Crippen molar-refractivity contribution in [3.05, 3.63) is 58.9 Å². The average molecular weight is 655 g/mol. The third kappa shape index (κ3) is 9.44. The topological polar surface area (TPSA) is 27.7 Å². The third-order valence-corrected chi connectivity index (χ3v) is 8.10. The van der Waals surface area contributed by atoms with E-state index in [0.717, 1.165) is 18.4 Å². The molecule has 0 atom stereocenters. The Labute approximate surface area is 254 Å². The molecule has 2 aromatic rings. The summed E-state index contributed by atoms with van der Waals surface area (Å²) in [7, 11) is 0. The summed E-state index contributed by atoms with van der Waals surface area (Å²) >= 11 is 0. The van der Waals surface area contributed by atoms with Gasteiger partial charge in [-0.25, -0.2) is 13.2 Å². The highest BCUT2D eigenvalue weighted by Crippen LogP contribution is 2.44. The summed E-state index contributed by atoms with van der Waals surface area (Å²) in [6.07, 6.45) is -12.3. The van der Waals surface area contributed by atoms with Crippen LogP contribution in [0.5, 0.6) is 11.5 Å². The number of alkyl halides is 7. The van der Waals surface area contributed by atoms with Crippen LogP contribution in [0.2, 0.25) is 0 Å². The van der Waals surface area contributed by atoms with Gasteiger partial charge in [-0.15, -0.1) is 13.2 Å². The summed E-state index contributed by atoms with van der Waals surface area (Å²) in [5.74, 6) is -4.10. The fourth-order valence-electron chi connectivity index (χ4n) is 5.74. The number of aryl methyl sites for hydroxylation is 1. The van der Waals surface area contributed by atoms with Gasteiger partial charge in [0.05, 0.1) is 23.5 Å². The van der Waals surface area contributed by atoms with E-state index in [9.17, 15) is 35.1 Å². The molecule has 0 amide bonds. The van der Waals surface area contributed by atoms with Gasteiger partial charge in [-0.1, -0.05) is 31.3 Å². The molecule has 0 saturated heterocycles. The lowest BCUT2D eigenvalue weighted by Gasteiger charge is -2.37. The van der Waals surface area contributed by atoms with Crippen molar-refractivity contribution in [2.45, 2.75) is 95.8 Å². The molecule has 0 aromatic heterocycles. The Balaban J connectivity index is 1.26. The van der Waals surface area contributed by atoms with Crippen molar-refractivity contribution < 1.29 is 58.1 Å². The van der Waals surface area contributed by atoms with Crippen molar-refractivity contribution in [2.24, 2.45) is 17.8 Å². The van der Waals surface area contributed by atoms with E-state index in [-0.39, 0.29) is 62.1 Å². The van der Waals surface area contributed by atoms with Crippen LogP contribution in [-0.2, 0) is 11.2 Å². The summed E-state index contributed by atoms with van der Waals surface area (Å²) in [6.45, 7) is 1.99. The molecule has 2 fully saturated rings. The van der Waals surface area contributed by atoms with E-state index in [1.807, 2.05) is 13.0 Å². The van der Waals surface area contributed by atoms with E-state index in [0.29, 0.717) is 12.8 Å². The first kappa shape index (κ1) is 34.7. The molecule has 0 unspecified atom stereocenters. The van der Waals surface area contributed by atoms with E-state index in [1.54, 1.807) is 6.07 Å². The van der Waals surface area contributed by atoms with E-state index >= 15 is 8.78 Å². The lowest BCUT2D eigenvalue weighted by atomic mass is 9.81. The number of rotatable bonds is 9. The fourth-order valence-corrected chi connectivity index (χ4v) is 5.74. The first-order valence-corrected chi connectivity index (χ1v) is 14.7. The smallest absolute Gasteiger partial charge is 0.432 e. The largest absolute Gasteiger partial charge is 0.573 e. The van der Waals surface area contributed by atoms with Crippen LogP contribution < -0.4 is 9.47 Å². The van der Waals surface area contributed by atoms with Crippen LogP contribution in [0.1, 0.15) is 75.8 Å². The number of ether oxygens (including phenoxy) is 3. The Morgan fingerprint density at radius 3 is 1.84 bits per heavy atom. The van der Waals surface area contributed by atoms with Crippen molar-refractivity contribution in [1.82, 2.24) is 0 Å². The number of halogens is 10. The highest BCUT2D eigenvalue weighted by molar-refractivity contribution is 5.38. The average Bonchev–Trinajstić information content (AvgIpc) is 2.94. The Bertz CT molecular complexity index is 1340. The standard InChI is InChI=1S/C32H32F10O3/c1-2-3-20-5-9-21(26(33)16-20)8-4-19-6-10-22(11-7-19)30(36,37)43-24-14-12-23(13-15-24)31(38,39)44-25-17-27(34)29(28(35)18-25)45-32(40,41)42/h5,9,16-19,22-24H,2-3,6-7,10-15H2,1H3. The fraction of sp³-hybridized carbons (Fsp3) is 0.562. The highest BCUT2D eigenvalue weighted by atomic mass is 19.4. The van der Waals surface area contributed by atoms with Gasteiger partial charge in [0.15, 0.2) is 11.6 Å². The Hall–Kier alpha value is -3.14. The van der Waals surface area contributed by atoms with E-state index in [4.69, 9.17) is 4.74 Å². The monoisotopic (exact) mass is 654 g/mol. The van der Waals surface area contributed by atoms with Gasteiger partial charge in [0.25, 0.3) is 0 Å². The molecule has 2 aromatic carbocycles. The molecule has 4 rings (SSSR count). The highest BCUT2D eigenvalue weighted by Gasteiger charge is 2.48. The van der Waals surface area contributed by atoms with Crippen LogP contribution >= 0.6 is 0 Å². The van der Waals surface area contributed by atoms with Crippen LogP contribution in [0.3, 0.4) is 0 Å². The molecule has 0 aliphatic heterocycles. The van der Waals surface area contributed by atoms with Gasteiger partial charge in [-0.3, -0.25) is 0 Å². The maximum atomic E-state index is 15.0. The van der Waals surface area contributed by atoms with Gasteiger partial charge < -0.3 is 14.2 Å². The normalized spacial score (nSPS) is 22.8. The summed E-state index contributed by atoms with van der Waals surface area (Å²) < 4.78 is 151. The summed E-state index contributed by atoms with van der Waals surface area (Å²) in [5.41, 5.74) is 1.13. The molecule has 3 nitrogen and oxygen atoms in total. The number of benzene rings is 2. The van der Waals surface area contributed by atoms with Crippen molar-refractivity contribution in [1.29, 1.82) is 0 Å². The summed E-state index contributed by atoms with van der Waals surface area (Å²) in [6, 6.07) is 5.15. The summed E-state index contributed by atoms with van der Waals surface area (Å²) in [5, 5.41) is 0.